The lowest BCUT2D eigenvalue weighted by Crippen LogP contribution is -2.02. The Bertz CT molecular complexity index is 264. The molecule has 1 nitrogen and oxygen atoms in total. The van der Waals surface area contributed by atoms with Crippen molar-refractivity contribution < 1.29 is 5.11 Å². The van der Waals surface area contributed by atoms with Crippen LogP contribution in [0.3, 0.4) is 0 Å². The fourth-order valence-electron chi connectivity index (χ4n) is 2.01. The van der Waals surface area contributed by atoms with Gasteiger partial charge in [0.1, 0.15) is 0 Å². The SMILES string of the molecule is CCC(CC)c1ccccc1CCO. The van der Waals surface area contributed by atoms with Crippen LogP contribution >= 0.6 is 0 Å². The molecule has 0 radical (unpaired) electrons. The Morgan fingerprint density at radius 2 is 1.79 bits per heavy atom. The molecule has 1 heteroatoms. The fourth-order valence-corrected chi connectivity index (χ4v) is 2.01. The highest BCUT2D eigenvalue weighted by Crippen LogP contribution is 2.26. The van der Waals surface area contributed by atoms with Gasteiger partial charge in [-0.05, 0) is 36.3 Å². The topological polar surface area (TPSA) is 20.2 Å². The summed E-state index contributed by atoms with van der Waals surface area (Å²) in [5.74, 6) is 0.651. The van der Waals surface area contributed by atoms with Gasteiger partial charge in [0.05, 0.1) is 0 Å². The van der Waals surface area contributed by atoms with Gasteiger partial charge in [-0.2, -0.15) is 0 Å². The Labute approximate surface area is 86.8 Å². The summed E-state index contributed by atoms with van der Waals surface area (Å²) in [6.07, 6.45) is 3.14. The third-order valence-electron chi connectivity index (χ3n) is 2.86. The van der Waals surface area contributed by atoms with E-state index in [4.69, 9.17) is 5.11 Å². The van der Waals surface area contributed by atoms with Crippen LogP contribution in [-0.4, -0.2) is 11.7 Å². The van der Waals surface area contributed by atoms with Gasteiger partial charge in [-0.1, -0.05) is 38.1 Å². The van der Waals surface area contributed by atoms with Gasteiger partial charge in [0.15, 0.2) is 0 Å². The Morgan fingerprint density at radius 3 is 2.36 bits per heavy atom. The normalized spacial score (nSPS) is 10.9. The van der Waals surface area contributed by atoms with Crippen molar-refractivity contribution in [3.8, 4) is 0 Å². The summed E-state index contributed by atoms with van der Waals surface area (Å²) in [5.41, 5.74) is 2.73. The molecule has 78 valence electrons. The predicted molar refractivity (Wildman–Crippen MR) is 60.6 cm³/mol. The molecule has 0 aliphatic rings. The Kier molecular flexibility index (Phi) is 4.68. The summed E-state index contributed by atoms with van der Waals surface area (Å²) in [4.78, 5) is 0. The second-order valence-electron chi connectivity index (χ2n) is 3.69. The van der Waals surface area contributed by atoms with Crippen LogP contribution in [0, 0.1) is 0 Å². The zero-order chi connectivity index (χ0) is 10.4. The second kappa shape index (κ2) is 5.82. The molecule has 14 heavy (non-hydrogen) atoms. The highest BCUT2D eigenvalue weighted by Gasteiger charge is 2.10. The molecule has 0 aromatic heterocycles. The van der Waals surface area contributed by atoms with Crippen LogP contribution in [-0.2, 0) is 6.42 Å². The van der Waals surface area contributed by atoms with Crippen LogP contribution in [0.25, 0.3) is 0 Å². The van der Waals surface area contributed by atoms with E-state index in [0.717, 1.165) is 6.42 Å². The quantitative estimate of drug-likeness (QED) is 0.760. The van der Waals surface area contributed by atoms with Crippen molar-refractivity contribution in [3.63, 3.8) is 0 Å². The Morgan fingerprint density at radius 1 is 1.14 bits per heavy atom. The first-order chi connectivity index (χ1) is 6.83. The van der Waals surface area contributed by atoms with Crippen LogP contribution in [0.4, 0.5) is 0 Å². The Balaban J connectivity index is 2.92. The molecule has 0 aliphatic heterocycles. The van der Waals surface area contributed by atoms with E-state index in [2.05, 4.69) is 38.1 Å². The van der Waals surface area contributed by atoms with Crippen molar-refractivity contribution in [3.05, 3.63) is 35.4 Å². The third kappa shape index (κ3) is 2.58. The monoisotopic (exact) mass is 192 g/mol. The van der Waals surface area contributed by atoms with E-state index in [-0.39, 0.29) is 6.61 Å². The summed E-state index contributed by atoms with van der Waals surface area (Å²) in [6.45, 7) is 4.70. The van der Waals surface area contributed by atoms with E-state index in [9.17, 15) is 0 Å². The van der Waals surface area contributed by atoms with E-state index < -0.39 is 0 Å². The minimum Gasteiger partial charge on any atom is -0.396 e. The molecule has 0 saturated carbocycles. The summed E-state index contributed by atoms with van der Waals surface area (Å²) in [6, 6.07) is 8.47. The van der Waals surface area contributed by atoms with Crippen molar-refractivity contribution in [2.75, 3.05) is 6.61 Å². The average molecular weight is 192 g/mol. The van der Waals surface area contributed by atoms with Crippen molar-refractivity contribution in [1.29, 1.82) is 0 Å². The highest BCUT2D eigenvalue weighted by atomic mass is 16.2. The summed E-state index contributed by atoms with van der Waals surface area (Å²) in [7, 11) is 0. The first kappa shape index (κ1) is 11.3. The van der Waals surface area contributed by atoms with Crippen molar-refractivity contribution in [1.82, 2.24) is 0 Å². The van der Waals surface area contributed by atoms with Gasteiger partial charge in [0.2, 0.25) is 0 Å². The Hall–Kier alpha value is -0.820. The zero-order valence-corrected chi connectivity index (χ0v) is 9.16. The first-order valence-corrected chi connectivity index (χ1v) is 5.52. The summed E-state index contributed by atoms with van der Waals surface area (Å²) >= 11 is 0. The number of aliphatic hydroxyl groups excluding tert-OH is 1. The molecule has 0 bridgehead atoms. The molecule has 0 unspecified atom stereocenters. The standard InChI is InChI=1S/C13H20O/c1-3-11(4-2)13-8-6-5-7-12(13)9-10-14/h5-8,11,14H,3-4,9-10H2,1-2H3. The van der Waals surface area contributed by atoms with Crippen molar-refractivity contribution >= 4 is 0 Å². The van der Waals surface area contributed by atoms with Crippen LogP contribution in [0.1, 0.15) is 43.7 Å². The highest BCUT2D eigenvalue weighted by molar-refractivity contribution is 5.30. The van der Waals surface area contributed by atoms with E-state index in [1.807, 2.05) is 0 Å². The van der Waals surface area contributed by atoms with Gasteiger partial charge in [0.25, 0.3) is 0 Å². The predicted octanol–water partition coefficient (Wildman–Crippen LogP) is 3.13. The molecular formula is C13H20O. The molecule has 0 fully saturated rings. The fraction of sp³-hybridized carbons (Fsp3) is 0.538. The van der Waals surface area contributed by atoms with Gasteiger partial charge in [-0.15, -0.1) is 0 Å². The van der Waals surface area contributed by atoms with Gasteiger partial charge < -0.3 is 5.11 Å². The minimum absolute atomic E-state index is 0.247. The van der Waals surface area contributed by atoms with Gasteiger partial charge in [-0.25, -0.2) is 0 Å². The summed E-state index contributed by atoms with van der Waals surface area (Å²) in [5, 5.41) is 8.97. The van der Waals surface area contributed by atoms with E-state index in [1.165, 1.54) is 24.0 Å². The molecule has 0 atom stereocenters. The number of hydrogen-bond donors (Lipinski definition) is 1. The maximum atomic E-state index is 8.97. The van der Waals surface area contributed by atoms with Crippen LogP contribution in [0.5, 0.6) is 0 Å². The molecule has 1 rings (SSSR count). The van der Waals surface area contributed by atoms with Crippen LogP contribution in [0.2, 0.25) is 0 Å². The average Bonchev–Trinajstić information content (AvgIpc) is 2.23. The van der Waals surface area contributed by atoms with Crippen molar-refractivity contribution in [2.45, 2.75) is 39.0 Å². The summed E-state index contributed by atoms with van der Waals surface area (Å²) < 4.78 is 0. The number of hydrogen-bond acceptors (Lipinski definition) is 1. The van der Waals surface area contributed by atoms with Crippen molar-refractivity contribution in [2.24, 2.45) is 0 Å². The maximum absolute atomic E-state index is 8.97. The lowest BCUT2D eigenvalue weighted by Gasteiger charge is -2.16. The molecule has 0 spiro atoms. The lowest BCUT2D eigenvalue weighted by atomic mass is 9.89. The molecule has 0 saturated heterocycles. The van der Waals surface area contributed by atoms with E-state index in [1.54, 1.807) is 0 Å². The molecule has 0 heterocycles. The van der Waals surface area contributed by atoms with E-state index >= 15 is 0 Å². The minimum atomic E-state index is 0.247. The van der Waals surface area contributed by atoms with Crippen LogP contribution < -0.4 is 0 Å². The molecule has 1 aromatic carbocycles. The number of benzene rings is 1. The zero-order valence-electron chi connectivity index (χ0n) is 9.16. The van der Waals surface area contributed by atoms with Gasteiger partial charge in [0, 0.05) is 6.61 Å². The van der Waals surface area contributed by atoms with E-state index in [0.29, 0.717) is 5.92 Å². The smallest absolute Gasteiger partial charge is 0.0471 e. The molecule has 1 N–H and O–H groups in total. The van der Waals surface area contributed by atoms with Crippen LogP contribution in [0.15, 0.2) is 24.3 Å². The third-order valence-corrected chi connectivity index (χ3v) is 2.86. The van der Waals surface area contributed by atoms with Gasteiger partial charge >= 0.3 is 0 Å². The molecule has 0 amide bonds. The molecular weight excluding hydrogens is 172 g/mol. The molecule has 0 aliphatic carbocycles. The van der Waals surface area contributed by atoms with Gasteiger partial charge in [-0.3, -0.25) is 0 Å². The largest absolute Gasteiger partial charge is 0.396 e. The number of rotatable bonds is 5. The number of aliphatic hydroxyl groups is 1. The first-order valence-electron chi connectivity index (χ1n) is 5.52. The maximum Gasteiger partial charge on any atom is 0.0471 e. The second-order valence-corrected chi connectivity index (χ2v) is 3.69. The molecule has 1 aromatic rings. The lowest BCUT2D eigenvalue weighted by molar-refractivity contribution is 0.299.